The third-order valence-corrected chi connectivity index (χ3v) is 3.65. The quantitative estimate of drug-likeness (QED) is 0.788. The molecule has 0 aliphatic carbocycles. The largest absolute Gasteiger partial charge is 0.481 e. The molecule has 0 radical (unpaired) electrons. The first-order chi connectivity index (χ1) is 9.22. The number of carbonyl (C=O) groups is 1. The van der Waals surface area contributed by atoms with Gasteiger partial charge in [0.25, 0.3) is 0 Å². The standard InChI is InChI=1S/C16H18O2S/c17-16(18)10-9-15-13(5-3-11-19)8-7-12-4-1-2-6-14(12)15/h1-2,4,6-8,19H,3,5,9-11H2,(H,17,18). The highest BCUT2D eigenvalue weighted by molar-refractivity contribution is 7.80. The SMILES string of the molecule is O=C(O)CCc1c(CCCS)ccc2ccccc12. The topological polar surface area (TPSA) is 37.3 Å². The number of benzene rings is 2. The van der Waals surface area contributed by atoms with Crippen molar-refractivity contribution in [2.45, 2.75) is 25.7 Å². The maximum absolute atomic E-state index is 10.8. The molecule has 0 atom stereocenters. The van der Waals surface area contributed by atoms with E-state index in [4.69, 9.17) is 5.11 Å². The van der Waals surface area contributed by atoms with E-state index in [2.05, 4.69) is 36.9 Å². The van der Waals surface area contributed by atoms with Crippen molar-refractivity contribution in [1.82, 2.24) is 0 Å². The molecule has 0 saturated carbocycles. The van der Waals surface area contributed by atoms with Gasteiger partial charge in [0.15, 0.2) is 0 Å². The maximum atomic E-state index is 10.8. The number of fused-ring (bicyclic) bond motifs is 1. The molecule has 0 unspecified atom stereocenters. The molecule has 0 heterocycles. The molecule has 2 aromatic rings. The zero-order valence-corrected chi connectivity index (χ0v) is 11.7. The molecule has 2 nitrogen and oxygen atoms in total. The average Bonchev–Trinajstić information content (AvgIpc) is 2.42. The van der Waals surface area contributed by atoms with Crippen LogP contribution in [0.5, 0.6) is 0 Å². The molecule has 1 N–H and O–H groups in total. The van der Waals surface area contributed by atoms with E-state index < -0.39 is 5.97 Å². The molecule has 2 rings (SSSR count). The van der Waals surface area contributed by atoms with Crippen LogP contribution in [0.25, 0.3) is 10.8 Å². The van der Waals surface area contributed by atoms with Gasteiger partial charge in [-0.05, 0) is 46.9 Å². The van der Waals surface area contributed by atoms with E-state index in [1.165, 1.54) is 21.9 Å². The highest BCUT2D eigenvalue weighted by Gasteiger charge is 2.09. The lowest BCUT2D eigenvalue weighted by Gasteiger charge is -2.12. The number of aliphatic carboxylic acids is 1. The summed E-state index contributed by atoms with van der Waals surface area (Å²) in [4.78, 5) is 10.8. The van der Waals surface area contributed by atoms with Crippen molar-refractivity contribution in [3.8, 4) is 0 Å². The van der Waals surface area contributed by atoms with Crippen LogP contribution in [0.1, 0.15) is 24.0 Å². The van der Waals surface area contributed by atoms with Crippen molar-refractivity contribution >= 4 is 29.4 Å². The fraction of sp³-hybridized carbons (Fsp3) is 0.312. The Morgan fingerprint density at radius 1 is 1.11 bits per heavy atom. The zero-order valence-electron chi connectivity index (χ0n) is 10.8. The van der Waals surface area contributed by atoms with Gasteiger partial charge >= 0.3 is 5.97 Å². The third-order valence-electron chi connectivity index (χ3n) is 3.33. The van der Waals surface area contributed by atoms with Gasteiger partial charge in [0.1, 0.15) is 0 Å². The van der Waals surface area contributed by atoms with Crippen LogP contribution in [0.15, 0.2) is 36.4 Å². The van der Waals surface area contributed by atoms with Crippen LogP contribution in [-0.2, 0) is 17.6 Å². The van der Waals surface area contributed by atoms with Crippen molar-refractivity contribution in [3.63, 3.8) is 0 Å². The average molecular weight is 274 g/mol. The Kier molecular flexibility index (Phi) is 4.86. The van der Waals surface area contributed by atoms with Crippen LogP contribution in [0, 0.1) is 0 Å². The molecule has 19 heavy (non-hydrogen) atoms. The van der Waals surface area contributed by atoms with Gasteiger partial charge in [-0.25, -0.2) is 0 Å². The Bertz CT molecular complexity index is 578. The molecular formula is C16H18O2S. The minimum absolute atomic E-state index is 0.182. The fourth-order valence-electron chi connectivity index (χ4n) is 2.41. The van der Waals surface area contributed by atoms with Crippen LogP contribution >= 0.6 is 12.6 Å². The summed E-state index contributed by atoms with van der Waals surface area (Å²) in [5, 5.41) is 11.3. The summed E-state index contributed by atoms with van der Waals surface area (Å²) in [6.07, 6.45) is 2.76. The van der Waals surface area contributed by atoms with Crippen molar-refractivity contribution in [2.24, 2.45) is 0 Å². The number of carboxylic acid groups (broad SMARTS) is 1. The van der Waals surface area contributed by atoms with Gasteiger partial charge in [-0.3, -0.25) is 4.79 Å². The maximum Gasteiger partial charge on any atom is 0.303 e. The number of aryl methyl sites for hydroxylation is 2. The van der Waals surface area contributed by atoms with E-state index in [1.54, 1.807) is 0 Å². The van der Waals surface area contributed by atoms with Gasteiger partial charge < -0.3 is 5.11 Å². The van der Waals surface area contributed by atoms with Crippen LogP contribution in [0.3, 0.4) is 0 Å². The summed E-state index contributed by atoms with van der Waals surface area (Å²) in [7, 11) is 0. The molecule has 0 aliphatic rings. The molecule has 0 saturated heterocycles. The van der Waals surface area contributed by atoms with Crippen LogP contribution in [0.2, 0.25) is 0 Å². The highest BCUT2D eigenvalue weighted by Crippen LogP contribution is 2.25. The number of hydrogen-bond acceptors (Lipinski definition) is 2. The second-order valence-electron chi connectivity index (χ2n) is 4.65. The smallest absolute Gasteiger partial charge is 0.303 e. The summed E-state index contributed by atoms with van der Waals surface area (Å²) in [6, 6.07) is 12.4. The van der Waals surface area contributed by atoms with Crippen molar-refractivity contribution in [1.29, 1.82) is 0 Å². The molecule has 0 aromatic heterocycles. The first-order valence-corrected chi connectivity index (χ1v) is 7.18. The van der Waals surface area contributed by atoms with Crippen LogP contribution in [0.4, 0.5) is 0 Å². The van der Waals surface area contributed by atoms with Crippen LogP contribution < -0.4 is 0 Å². The molecule has 0 bridgehead atoms. The van der Waals surface area contributed by atoms with Gasteiger partial charge in [0.05, 0.1) is 0 Å². The van der Waals surface area contributed by atoms with Crippen molar-refractivity contribution in [3.05, 3.63) is 47.5 Å². The molecular weight excluding hydrogens is 256 g/mol. The Morgan fingerprint density at radius 3 is 2.63 bits per heavy atom. The number of thiol groups is 1. The molecule has 0 aliphatic heterocycles. The first kappa shape index (κ1) is 13.9. The van der Waals surface area contributed by atoms with E-state index in [0.717, 1.165) is 18.6 Å². The normalized spacial score (nSPS) is 10.8. The van der Waals surface area contributed by atoms with Gasteiger partial charge in [-0.2, -0.15) is 12.6 Å². The Morgan fingerprint density at radius 2 is 1.89 bits per heavy atom. The van der Waals surface area contributed by atoms with E-state index in [1.807, 2.05) is 12.1 Å². The summed E-state index contributed by atoms with van der Waals surface area (Å²) >= 11 is 4.25. The monoisotopic (exact) mass is 274 g/mol. The van der Waals surface area contributed by atoms with Gasteiger partial charge in [0, 0.05) is 6.42 Å². The predicted octanol–water partition coefficient (Wildman–Crippen LogP) is 3.72. The summed E-state index contributed by atoms with van der Waals surface area (Å²) < 4.78 is 0. The van der Waals surface area contributed by atoms with Crippen molar-refractivity contribution in [2.75, 3.05) is 5.75 Å². The lowest BCUT2D eigenvalue weighted by Crippen LogP contribution is -2.02. The predicted molar refractivity (Wildman–Crippen MR) is 82.1 cm³/mol. The van der Waals surface area contributed by atoms with Gasteiger partial charge in [-0.1, -0.05) is 36.4 Å². The van der Waals surface area contributed by atoms with E-state index in [0.29, 0.717) is 6.42 Å². The fourth-order valence-corrected chi connectivity index (χ4v) is 2.57. The lowest BCUT2D eigenvalue weighted by atomic mass is 9.93. The summed E-state index contributed by atoms with van der Waals surface area (Å²) in [5.74, 6) is 0.110. The van der Waals surface area contributed by atoms with Gasteiger partial charge in [0.2, 0.25) is 0 Å². The van der Waals surface area contributed by atoms with E-state index >= 15 is 0 Å². The van der Waals surface area contributed by atoms with Crippen LogP contribution in [-0.4, -0.2) is 16.8 Å². The number of hydrogen-bond donors (Lipinski definition) is 2. The zero-order chi connectivity index (χ0) is 13.7. The molecule has 100 valence electrons. The second kappa shape index (κ2) is 6.62. The Balaban J connectivity index is 2.41. The van der Waals surface area contributed by atoms with Crippen molar-refractivity contribution < 1.29 is 9.90 Å². The van der Waals surface area contributed by atoms with Gasteiger partial charge in [-0.15, -0.1) is 0 Å². The molecule has 3 heteroatoms. The minimum atomic E-state index is -0.743. The third kappa shape index (κ3) is 3.51. The first-order valence-electron chi connectivity index (χ1n) is 6.54. The second-order valence-corrected chi connectivity index (χ2v) is 5.09. The Hall–Kier alpha value is -1.48. The number of carboxylic acids is 1. The molecule has 0 amide bonds. The highest BCUT2D eigenvalue weighted by atomic mass is 32.1. The lowest BCUT2D eigenvalue weighted by molar-refractivity contribution is -0.136. The Labute approximate surface area is 118 Å². The molecule has 2 aromatic carbocycles. The summed E-state index contributed by atoms with van der Waals surface area (Å²) in [5.41, 5.74) is 2.44. The molecule has 0 fully saturated rings. The van der Waals surface area contributed by atoms with E-state index in [-0.39, 0.29) is 6.42 Å². The van der Waals surface area contributed by atoms with E-state index in [9.17, 15) is 4.79 Å². The number of rotatable bonds is 6. The molecule has 0 spiro atoms. The summed E-state index contributed by atoms with van der Waals surface area (Å²) in [6.45, 7) is 0. The minimum Gasteiger partial charge on any atom is -0.481 e.